The van der Waals surface area contributed by atoms with Gasteiger partial charge in [-0.1, -0.05) is 6.58 Å². The van der Waals surface area contributed by atoms with E-state index in [1.54, 1.807) is 31.4 Å². The predicted molar refractivity (Wildman–Crippen MR) is 45.8 cm³/mol. The van der Waals surface area contributed by atoms with Gasteiger partial charge in [-0.3, -0.25) is 0 Å². The van der Waals surface area contributed by atoms with Crippen LogP contribution >= 0.6 is 0 Å². The van der Waals surface area contributed by atoms with Crippen molar-refractivity contribution in [3.05, 3.63) is 36.4 Å². The van der Waals surface area contributed by atoms with E-state index in [4.69, 9.17) is 9.84 Å². The Kier molecular flexibility index (Phi) is 5.06. The van der Waals surface area contributed by atoms with Crippen molar-refractivity contribution in [1.29, 1.82) is 0 Å². The molecule has 0 spiro atoms. The third-order valence-electron chi connectivity index (χ3n) is 1.42. The molecule has 1 aromatic carbocycles. The number of hydrogen-bond acceptors (Lipinski definition) is 2. The van der Waals surface area contributed by atoms with E-state index in [9.17, 15) is 0 Å². The first-order chi connectivity index (χ1) is 5.24. The van der Waals surface area contributed by atoms with Gasteiger partial charge in [-0.15, -0.1) is 0 Å². The molecule has 0 aliphatic heterocycles. The Bertz CT molecular complexity index is 259. The van der Waals surface area contributed by atoms with E-state index in [0.29, 0.717) is 5.56 Å². The van der Waals surface area contributed by atoms with Gasteiger partial charge in [-0.05, 0) is 24.3 Å². The van der Waals surface area contributed by atoms with Gasteiger partial charge in [-0.2, -0.15) is 0 Å². The summed E-state index contributed by atoms with van der Waals surface area (Å²) >= 11 is 0. The zero-order valence-corrected chi connectivity index (χ0v) is 9.37. The number of hydrogen-bond donors (Lipinski definition) is 1. The molecule has 1 aromatic rings. The number of methoxy groups -OCH3 is 1. The molecular weight excluding hydrogens is 163 g/mol. The maximum atomic E-state index is 8.95. The molecule has 0 radical (unpaired) electrons. The Labute approximate surface area is 95.6 Å². The van der Waals surface area contributed by atoms with Gasteiger partial charge in [0.1, 0.15) is 11.5 Å². The molecule has 0 atom stereocenters. The molecule has 1 N–H and O–H groups in total. The quantitative estimate of drug-likeness (QED) is 0.476. The third kappa shape index (κ3) is 2.89. The summed E-state index contributed by atoms with van der Waals surface area (Å²) < 4.78 is 4.94. The van der Waals surface area contributed by atoms with Gasteiger partial charge in [0.05, 0.1) is 7.11 Å². The van der Waals surface area contributed by atoms with Crippen molar-refractivity contribution < 1.29 is 40.8 Å². The van der Waals surface area contributed by atoms with Crippen LogP contribution in [0.25, 0.3) is 5.76 Å². The topological polar surface area (TPSA) is 29.5 Å². The summed E-state index contributed by atoms with van der Waals surface area (Å²) in [5, 5.41) is 8.95. The summed E-state index contributed by atoms with van der Waals surface area (Å²) in [7, 11) is 1.60. The van der Waals surface area contributed by atoms with Crippen molar-refractivity contribution in [3.8, 4) is 5.75 Å². The summed E-state index contributed by atoms with van der Waals surface area (Å²) in [6.07, 6.45) is 0. The Morgan fingerprint density at radius 3 is 2.25 bits per heavy atom. The molecule has 3 heteroatoms. The second-order valence-corrected chi connectivity index (χ2v) is 2.18. The second kappa shape index (κ2) is 5.25. The van der Waals surface area contributed by atoms with Crippen LogP contribution in [0, 0.1) is 0 Å². The summed E-state index contributed by atoms with van der Waals surface area (Å²) in [5.41, 5.74) is 0.714. The smallest absolute Gasteiger partial charge is 1.00 e. The molecule has 0 heterocycles. The van der Waals surface area contributed by atoms with Crippen molar-refractivity contribution in [2.75, 3.05) is 7.11 Å². The number of ether oxygens (including phenoxy) is 1. The molecule has 0 aliphatic rings. The molecule has 12 heavy (non-hydrogen) atoms. The Hall–Kier alpha value is -0.440. The van der Waals surface area contributed by atoms with Crippen LogP contribution in [0.5, 0.6) is 5.75 Å². The minimum atomic E-state index is 0. The largest absolute Gasteiger partial charge is 1.00 e. The monoisotopic (exact) mass is 174 g/mol. The van der Waals surface area contributed by atoms with Gasteiger partial charge in [0, 0.05) is 5.56 Å². The number of rotatable bonds is 2. The van der Waals surface area contributed by atoms with E-state index >= 15 is 0 Å². The number of aliphatic hydroxyl groups excluding tert-OH is 1. The fourth-order valence-electron chi connectivity index (χ4n) is 0.783. The molecular formula is C9H11NaO2. The summed E-state index contributed by atoms with van der Waals surface area (Å²) in [5.74, 6) is 0.850. The predicted octanol–water partition coefficient (Wildman–Crippen LogP) is -0.660. The van der Waals surface area contributed by atoms with Crippen LogP contribution in [-0.2, 0) is 0 Å². The standard InChI is InChI=1S/C9H10O2.Na.H/c1-7(10)8-3-5-9(11-2)6-4-8;;/h3-6,10H,1H2,2H3;;/q;+1;-1. The van der Waals surface area contributed by atoms with Gasteiger partial charge in [-0.25, -0.2) is 0 Å². The van der Waals surface area contributed by atoms with Crippen LogP contribution in [0.4, 0.5) is 0 Å². The van der Waals surface area contributed by atoms with E-state index in [0.717, 1.165) is 5.75 Å². The summed E-state index contributed by atoms with van der Waals surface area (Å²) in [6.45, 7) is 3.40. The van der Waals surface area contributed by atoms with Crippen LogP contribution in [0.3, 0.4) is 0 Å². The molecule has 0 aliphatic carbocycles. The van der Waals surface area contributed by atoms with E-state index in [1.165, 1.54) is 0 Å². The number of aliphatic hydroxyl groups is 1. The third-order valence-corrected chi connectivity index (χ3v) is 1.42. The van der Waals surface area contributed by atoms with Crippen LogP contribution in [0.2, 0.25) is 0 Å². The molecule has 0 aromatic heterocycles. The van der Waals surface area contributed by atoms with Gasteiger partial charge in [0.15, 0.2) is 0 Å². The molecule has 0 saturated heterocycles. The zero-order chi connectivity index (χ0) is 8.27. The minimum absolute atomic E-state index is 0. The van der Waals surface area contributed by atoms with Crippen LogP contribution < -0.4 is 34.3 Å². The van der Waals surface area contributed by atoms with Crippen molar-refractivity contribution in [1.82, 2.24) is 0 Å². The van der Waals surface area contributed by atoms with Gasteiger partial charge in [0.2, 0.25) is 0 Å². The normalized spacial score (nSPS) is 8.42. The molecule has 0 fully saturated rings. The Morgan fingerprint density at radius 2 is 1.92 bits per heavy atom. The van der Waals surface area contributed by atoms with E-state index in [1.807, 2.05) is 0 Å². The first kappa shape index (κ1) is 11.6. The van der Waals surface area contributed by atoms with Crippen molar-refractivity contribution in [3.63, 3.8) is 0 Å². The van der Waals surface area contributed by atoms with Gasteiger partial charge < -0.3 is 11.3 Å². The zero-order valence-electron chi connectivity index (χ0n) is 8.37. The van der Waals surface area contributed by atoms with Crippen molar-refractivity contribution in [2.45, 2.75) is 0 Å². The minimum Gasteiger partial charge on any atom is -1.00 e. The van der Waals surface area contributed by atoms with Gasteiger partial charge >= 0.3 is 29.6 Å². The molecule has 0 amide bonds. The second-order valence-electron chi connectivity index (χ2n) is 2.18. The van der Waals surface area contributed by atoms with Crippen molar-refractivity contribution >= 4 is 5.76 Å². The van der Waals surface area contributed by atoms with Crippen LogP contribution in [0.1, 0.15) is 6.99 Å². The average molecular weight is 174 g/mol. The average Bonchev–Trinajstić information content (AvgIpc) is 2.05. The SMILES string of the molecule is C=C(O)c1ccc(OC)cc1.[H-].[Na+]. The first-order valence-corrected chi connectivity index (χ1v) is 3.26. The van der Waals surface area contributed by atoms with Crippen LogP contribution in [-0.4, -0.2) is 12.2 Å². The molecule has 2 nitrogen and oxygen atoms in total. The maximum absolute atomic E-state index is 8.95. The molecule has 60 valence electrons. The van der Waals surface area contributed by atoms with E-state index < -0.39 is 0 Å². The molecule has 0 bridgehead atoms. The van der Waals surface area contributed by atoms with Crippen molar-refractivity contribution in [2.24, 2.45) is 0 Å². The number of benzene rings is 1. The molecule has 0 saturated carbocycles. The fourth-order valence-corrected chi connectivity index (χ4v) is 0.783. The summed E-state index contributed by atoms with van der Waals surface area (Å²) in [4.78, 5) is 0. The van der Waals surface area contributed by atoms with Gasteiger partial charge in [0.25, 0.3) is 0 Å². The Morgan fingerprint density at radius 1 is 1.42 bits per heavy atom. The first-order valence-electron chi connectivity index (χ1n) is 3.26. The molecule has 1 rings (SSSR count). The summed E-state index contributed by atoms with van der Waals surface area (Å²) in [6, 6.07) is 7.05. The fraction of sp³-hybridized carbons (Fsp3) is 0.111. The van der Waals surface area contributed by atoms with E-state index in [2.05, 4.69) is 6.58 Å². The van der Waals surface area contributed by atoms with E-state index in [-0.39, 0.29) is 36.7 Å². The molecule has 0 unspecified atom stereocenters. The Balaban J connectivity index is 0. The van der Waals surface area contributed by atoms with Crippen LogP contribution in [0.15, 0.2) is 30.8 Å². The maximum Gasteiger partial charge on any atom is 1.00 e.